The van der Waals surface area contributed by atoms with Crippen LogP contribution in [0, 0.1) is 6.92 Å². The molecular weight excluding hydrogens is 528 g/mol. The Morgan fingerprint density at radius 2 is 1.87 bits per heavy atom. The molecule has 1 saturated heterocycles. The predicted octanol–water partition coefficient (Wildman–Crippen LogP) is 5.73. The summed E-state index contributed by atoms with van der Waals surface area (Å²) in [5.74, 6) is 0. The van der Waals surface area contributed by atoms with E-state index in [0.29, 0.717) is 19.6 Å². The summed E-state index contributed by atoms with van der Waals surface area (Å²) in [4.78, 5) is 27.2. The van der Waals surface area contributed by atoms with E-state index in [4.69, 9.17) is 4.74 Å². The number of fused-ring (bicyclic) bond motifs is 2. The van der Waals surface area contributed by atoms with Gasteiger partial charge in [0, 0.05) is 68.0 Å². The van der Waals surface area contributed by atoms with E-state index in [1.165, 1.54) is 9.79 Å². The zero-order valence-corrected chi connectivity index (χ0v) is 23.3. The van der Waals surface area contributed by atoms with E-state index in [2.05, 4.69) is 62.6 Å². The van der Waals surface area contributed by atoms with Crippen LogP contribution < -0.4 is 15.8 Å². The molecule has 2 aliphatic rings. The first-order valence-electron chi connectivity index (χ1n) is 13.1. The summed E-state index contributed by atoms with van der Waals surface area (Å²) in [6, 6.07) is 22.3. The second-order valence-corrected chi connectivity index (χ2v) is 11.8. The molecule has 1 unspecified atom stereocenters. The number of aromatic nitrogens is 2. The van der Waals surface area contributed by atoms with Crippen LogP contribution in [-0.2, 0) is 4.74 Å². The highest BCUT2D eigenvalue weighted by Gasteiger charge is 2.23. The minimum atomic E-state index is -0.100. The standard InChI is InChI=1S/C30H30N4O3S2/c1-19-4-2-6-23(31-19)24(10-13-35)32-20-8-9-26-28(16-20)38-27-7-3-5-22(30(27)39-26)25-17-21(18-29(36)33-25)34-11-14-37-15-12-34/h2-9,16-18,24,32,35H,10-15H2,1H3,(H,33,36). The van der Waals surface area contributed by atoms with Gasteiger partial charge in [0.1, 0.15) is 0 Å². The molecule has 0 bridgehead atoms. The number of H-pyrrole nitrogens is 1. The van der Waals surface area contributed by atoms with Gasteiger partial charge in [0.25, 0.3) is 0 Å². The minimum absolute atomic E-state index is 0.0772. The van der Waals surface area contributed by atoms with Gasteiger partial charge in [0.15, 0.2) is 0 Å². The molecule has 4 heterocycles. The number of aliphatic hydroxyl groups excluding tert-OH is 1. The van der Waals surface area contributed by atoms with E-state index in [0.717, 1.165) is 56.9 Å². The number of hydrogen-bond donors (Lipinski definition) is 3. The van der Waals surface area contributed by atoms with Gasteiger partial charge < -0.3 is 25.0 Å². The Kier molecular flexibility index (Phi) is 7.65. The van der Waals surface area contributed by atoms with Crippen molar-refractivity contribution in [2.24, 2.45) is 0 Å². The summed E-state index contributed by atoms with van der Waals surface area (Å²) in [6.07, 6.45) is 0.573. The summed E-state index contributed by atoms with van der Waals surface area (Å²) in [5.41, 5.74) is 5.56. The Bertz CT molecular complexity index is 1550. The number of rotatable bonds is 7. The quantitative estimate of drug-likeness (QED) is 0.233. The Morgan fingerprint density at radius 3 is 2.69 bits per heavy atom. The maximum Gasteiger partial charge on any atom is 0.250 e. The topological polar surface area (TPSA) is 90.5 Å². The van der Waals surface area contributed by atoms with Crippen LogP contribution in [0.5, 0.6) is 0 Å². The lowest BCUT2D eigenvalue weighted by Gasteiger charge is -2.29. The summed E-state index contributed by atoms with van der Waals surface area (Å²) < 4.78 is 5.49. The lowest BCUT2D eigenvalue weighted by molar-refractivity contribution is 0.122. The van der Waals surface area contributed by atoms with Crippen molar-refractivity contribution < 1.29 is 9.84 Å². The molecule has 0 amide bonds. The normalized spacial score (nSPS) is 15.4. The van der Waals surface area contributed by atoms with Crippen molar-refractivity contribution in [3.8, 4) is 11.3 Å². The van der Waals surface area contributed by atoms with Crippen LogP contribution in [0.3, 0.4) is 0 Å². The third kappa shape index (κ3) is 5.72. The van der Waals surface area contributed by atoms with Gasteiger partial charge in [-0.3, -0.25) is 9.78 Å². The lowest BCUT2D eigenvalue weighted by Crippen LogP contribution is -2.36. The van der Waals surface area contributed by atoms with Crippen LogP contribution in [0.1, 0.15) is 23.9 Å². The number of nitrogens with one attached hydrogen (secondary N) is 2. The number of morpholine rings is 1. The molecule has 2 aromatic heterocycles. The van der Waals surface area contributed by atoms with Crippen molar-refractivity contribution in [1.29, 1.82) is 0 Å². The molecule has 0 aliphatic carbocycles. The maximum atomic E-state index is 12.6. The summed E-state index contributed by atoms with van der Waals surface area (Å²) in [5, 5.41) is 13.2. The van der Waals surface area contributed by atoms with Crippen LogP contribution in [0.15, 0.2) is 91.1 Å². The number of nitrogens with zero attached hydrogens (tertiary/aromatic N) is 2. The number of anilines is 2. The lowest BCUT2D eigenvalue weighted by atomic mass is 10.1. The van der Waals surface area contributed by atoms with Gasteiger partial charge in [-0.05, 0) is 55.8 Å². The van der Waals surface area contributed by atoms with Crippen LogP contribution in [0.2, 0.25) is 0 Å². The summed E-state index contributed by atoms with van der Waals surface area (Å²) in [7, 11) is 0. The molecule has 4 aromatic rings. The van der Waals surface area contributed by atoms with Crippen LogP contribution in [0.4, 0.5) is 11.4 Å². The molecule has 6 rings (SSSR count). The number of benzene rings is 2. The number of hydrogen-bond acceptors (Lipinski definition) is 8. The molecule has 9 heteroatoms. The first-order chi connectivity index (χ1) is 19.1. The molecule has 2 aromatic carbocycles. The second kappa shape index (κ2) is 11.5. The fourth-order valence-corrected chi connectivity index (χ4v) is 7.38. The number of aliphatic hydroxyl groups is 1. The molecule has 0 radical (unpaired) electrons. The number of aromatic amines is 1. The van der Waals surface area contributed by atoms with E-state index in [1.54, 1.807) is 29.6 Å². The van der Waals surface area contributed by atoms with Crippen LogP contribution in [0.25, 0.3) is 11.3 Å². The zero-order chi connectivity index (χ0) is 26.8. The third-order valence-electron chi connectivity index (χ3n) is 6.88. The minimum Gasteiger partial charge on any atom is -0.396 e. The maximum absolute atomic E-state index is 12.6. The zero-order valence-electron chi connectivity index (χ0n) is 21.6. The molecule has 1 fully saturated rings. The molecular formula is C30H30N4O3S2. The smallest absolute Gasteiger partial charge is 0.250 e. The molecule has 39 heavy (non-hydrogen) atoms. The number of ether oxygens (including phenoxy) is 1. The molecule has 0 spiro atoms. The fraction of sp³-hybridized carbons (Fsp3) is 0.267. The van der Waals surface area contributed by atoms with Gasteiger partial charge >= 0.3 is 0 Å². The van der Waals surface area contributed by atoms with Gasteiger partial charge in [0.2, 0.25) is 5.56 Å². The molecule has 0 saturated carbocycles. The van der Waals surface area contributed by atoms with Crippen molar-refractivity contribution in [3.05, 3.63) is 88.5 Å². The van der Waals surface area contributed by atoms with E-state index < -0.39 is 0 Å². The highest BCUT2D eigenvalue weighted by atomic mass is 32.2. The molecule has 1 atom stereocenters. The molecule has 200 valence electrons. The third-order valence-corrected chi connectivity index (χ3v) is 9.47. The van der Waals surface area contributed by atoms with Gasteiger partial charge in [-0.25, -0.2) is 0 Å². The Balaban J connectivity index is 1.28. The van der Waals surface area contributed by atoms with Gasteiger partial charge in [0.05, 0.1) is 30.6 Å². The first-order valence-corrected chi connectivity index (χ1v) is 14.7. The summed E-state index contributed by atoms with van der Waals surface area (Å²) in [6.45, 7) is 4.96. The highest BCUT2D eigenvalue weighted by molar-refractivity contribution is 8.05. The van der Waals surface area contributed by atoms with Crippen molar-refractivity contribution in [1.82, 2.24) is 9.97 Å². The highest BCUT2D eigenvalue weighted by Crippen LogP contribution is 2.52. The molecule has 3 N–H and O–H groups in total. The Morgan fingerprint density at radius 1 is 1.03 bits per heavy atom. The Hall–Kier alpha value is -3.24. The monoisotopic (exact) mass is 558 g/mol. The molecule has 2 aliphatic heterocycles. The average Bonchev–Trinajstić information content (AvgIpc) is 2.95. The van der Waals surface area contributed by atoms with Gasteiger partial charge in [-0.15, -0.1) is 0 Å². The second-order valence-electron chi connectivity index (χ2n) is 9.63. The molecule has 7 nitrogen and oxygen atoms in total. The van der Waals surface area contributed by atoms with E-state index in [9.17, 15) is 9.90 Å². The summed E-state index contributed by atoms with van der Waals surface area (Å²) >= 11 is 3.47. The van der Waals surface area contributed by atoms with E-state index in [1.807, 2.05) is 25.1 Å². The van der Waals surface area contributed by atoms with Crippen LogP contribution in [-0.4, -0.2) is 48.0 Å². The fourth-order valence-electron chi connectivity index (χ4n) is 4.96. The number of aryl methyl sites for hydroxylation is 1. The van der Waals surface area contributed by atoms with E-state index in [-0.39, 0.29) is 18.2 Å². The Labute approximate surface area is 236 Å². The predicted molar refractivity (Wildman–Crippen MR) is 157 cm³/mol. The van der Waals surface area contributed by atoms with Crippen LogP contribution >= 0.6 is 23.5 Å². The van der Waals surface area contributed by atoms with Gasteiger partial charge in [-0.2, -0.15) is 0 Å². The largest absolute Gasteiger partial charge is 0.396 e. The van der Waals surface area contributed by atoms with Crippen molar-refractivity contribution in [2.45, 2.75) is 39.0 Å². The first kappa shape index (κ1) is 26.0. The van der Waals surface area contributed by atoms with E-state index >= 15 is 0 Å². The average molecular weight is 559 g/mol. The number of pyridine rings is 2. The SMILES string of the molecule is Cc1cccc(C(CCO)Nc2ccc3c(c2)Sc2cccc(-c4cc(N5CCOCC5)cc(=O)[nH]4)c2S3)n1. The van der Waals surface area contributed by atoms with Crippen molar-refractivity contribution in [3.63, 3.8) is 0 Å². The van der Waals surface area contributed by atoms with Crippen molar-refractivity contribution >= 4 is 34.9 Å². The van der Waals surface area contributed by atoms with Crippen molar-refractivity contribution in [2.75, 3.05) is 43.1 Å². The van der Waals surface area contributed by atoms with Gasteiger partial charge in [-0.1, -0.05) is 41.7 Å².